The summed E-state index contributed by atoms with van der Waals surface area (Å²) in [5, 5.41) is 0.491. The average molecular weight is 253 g/mol. The first-order valence-electron chi connectivity index (χ1n) is 5.85. The minimum absolute atomic E-state index is 0.0869. The number of amides is 1. The highest BCUT2D eigenvalue weighted by molar-refractivity contribution is 8.00. The fourth-order valence-electron chi connectivity index (χ4n) is 2.17. The van der Waals surface area contributed by atoms with Gasteiger partial charge in [0, 0.05) is 36.8 Å². The summed E-state index contributed by atoms with van der Waals surface area (Å²) in [6.45, 7) is 5.11. The second kappa shape index (κ2) is 4.64. The van der Waals surface area contributed by atoms with Gasteiger partial charge in [-0.3, -0.25) is 4.79 Å². The summed E-state index contributed by atoms with van der Waals surface area (Å²) >= 11 is 1.93. The number of aryl methyl sites for hydroxylation is 1. The van der Waals surface area contributed by atoms with E-state index in [1.807, 2.05) is 23.7 Å². The van der Waals surface area contributed by atoms with E-state index in [-0.39, 0.29) is 11.9 Å². The number of aromatic nitrogens is 1. The largest absolute Gasteiger partial charge is 0.397 e. The maximum Gasteiger partial charge on any atom is 0.270 e. The Labute approximate surface area is 106 Å². The second-order valence-electron chi connectivity index (χ2n) is 4.58. The van der Waals surface area contributed by atoms with Gasteiger partial charge in [0.15, 0.2) is 0 Å². The molecule has 4 nitrogen and oxygen atoms in total. The van der Waals surface area contributed by atoms with Gasteiger partial charge in [-0.15, -0.1) is 0 Å². The molecule has 0 aliphatic carbocycles. The molecule has 1 amide bonds. The van der Waals surface area contributed by atoms with E-state index < -0.39 is 0 Å². The molecule has 0 bridgehead atoms. The van der Waals surface area contributed by atoms with Crippen molar-refractivity contribution in [2.24, 2.45) is 7.05 Å². The number of hydrogen-bond acceptors (Lipinski definition) is 3. The summed E-state index contributed by atoms with van der Waals surface area (Å²) in [5.41, 5.74) is 7.03. The molecule has 1 saturated heterocycles. The Morgan fingerprint density at radius 3 is 2.82 bits per heavy atom. The second-order valence-corrected chi connectivity index (χ2v) is 6.07. The highest BCUT2D eigenvalue weighted by atomic mass is 32.2. The Morgan fingerprint density at radius 1 is 1.53 bits per heavy atom. The number of nitrogens with zero attached hydrogens (tertiary/aromatic N) is 2. The topological polar surface area (TPSA) is 51.3 Å². The molecule has 0 saturated carbocycles. The highest BCUT2D eigenvalue weighted by Gasteiger charge is 2.30. The smallest absolute Gasteiger partial charge is 0.270 e. The van der Waals surface area contributed by atoms with Crippen molar-refractivity contribution < 1.29 is 4.79 Å². The Kier molecular flexibility index (Phi) is 3.38. The van der Waals surface area contributed by atoms with E-state index in [2.05, 4.69) is 13.8 Å². The number of carbonyl (C=O) groups excluding carboxylic acids is 1. The molecular formula is C12H19N3OS. The first-order chi connectivity index (χ1) is 8.00. The molecule has 1 fully saturated rings. The third kappa shape index (κ3) is 2.29. The zero-order valence-corrected chi connectivity index (χ0v) is 11.3. The van der Waals surface area contributed by atoms with Gasteiger partial charge in [0.2, 0.25) is 0 Å². The molecule has 17 heavy (non-hydrogen) atoms. The summed E-state index contributed by atoms with van der Waals surface area (Å²) < 4.78 is 1.80. The molecule has 1 aromatic rings. The molecule has 94 valence electrons. The molecule has 5 heteroatoms. The van der Waals surface area contributed by atoms with Crippen LogP contribution in [0.25, 0.3) is 0 Å². The third-order valence-electron chi connectivity index (χ3n) is 3.39. The van der Waals surface area contributed by atoms with Crippen LogP contribution < -0.4 is 5.73 Å². The number of hydrogen-bond donors (Lipinski definition) is 1. The van der Waals surface area contributed by atoms with Crippen molar-refractivity contribution in [3.8, 4) is 0 Å². The van der Waals surface area contributed by atoms with Crippen LogP contribution in [0, 0.1) is 0 Å². The lowest BCUT2D eigenvalue weighted by Gasteiger charge is -2.37. The van der Waals surface area contributed by atoms with Gasteiger partial charge in [0.05, 0.1) is 5.69 Å². The van der Waals surface area contributed by atoms with Gasteiger partial charge in [-0.05, 0) is 13.0 Å². The molecule has 0 aromatic carbocycles. The van der Waals surface area contributed by atoms with Crippen LogP contribution in [-0.4, -0.2) is 39.0 Å². The Morgan fingerprint density at radius 2 is 2.24 bits per heavy atom. The molecule has 1 aliphatic heterocycles. The van der Waals surface area contributed by atoms with Crippen LogP contribution in [0.4, 0.5) is 5.69 Å². The standard InChI is InChI=1S/C12H19N3OS/c1-8-9(2)17-5-4-15(8)12(16)11-6-10(13)7-14(11)3/h6-9H,4-5,13H2,1-3H3. The summed E-state index contributed by atoms with van der Waals surface area (Å²) in [7, 11) is 1.86. The summed E-state index contributed by atoms with van der Waals surface area (Å²) in [5.74, 6) is 1.10. The Bertz CT molecular complexity index is 429. The molecule has 0 spiro atoms. The van der Waals surface area contributed by atoms with Crippen molar-refractivity contribution in [3.05, 3.63) is 18.0 Å². The normalized spacial score (nSPS) is 25.0. The van der Waals surface area contributed by atoms with Crippen LogP contribution in [0.1, 0.15) is 24.3 Å². The van der Waals surface area contributed by atoms with Gasteiger partial charge in [0.1, 0.15) is 5.69 Å². The van der Waals surface area contributed by atoms with Crippen LogP contribution in [-0.2, 0) is 7.05 Å². The summed E-state index contributed by atoms with van der Waals surface area (Å²) in [4.78, 5) is 14.4. The van der Waals surface area contributed by atoms with E-state index in [0.29, 0.717) is 16.6 Å². The first kappa shape index (κ1) is 12.4. The number of nitrogens with two attached hydrogens (primary N) is 1. The predicted molar refractivity (Wildman–Crippen MR) is 72.2 cm³/mol. The first-order valence-corrected chi connectivity index (χ1v) is 6.90. The predicted octanol–water partition coefficient (Wildman–Crippen LogP) is 1.57. The van der Waals surface area contributed by atoms with Crippen LogP contribution in [0.2, 0.25) is 0 Å². The lowest BCUT2D eigenvalue weighted by molar-refractivity contribution is 0.0688. The van der Waals surface area contributed by atoms with Gasteiger partial charge < -0.3 is 15.2 Å². The zero-order chi connectivity index (χ0) is 12.6. The van der Waals surface area contributed by atoms with Gasteiger partial charge in [0.25, 0.3) is 5.91 Å². The van der Waals surface area contributed by atoms with E-state index in [4.69, 9.17) is 5.73 Å². The molecule has 2 N–H and O–H groups in total. The average Bonchev–Trinajstić information content (AvgIpc) is 2.61. The van der Waals surface area contributed by atoms with E-state index >= 15 is 0 Å². The summed E-state index contributed by atoms with van der Waals surface area (Å²) in [6.07, 6.45) is 1.78. The lowest BCUT2D eigenvalue weighted by atomic mass is 10.2. The quantitative estimate of drug-likeness (QED) is 0.826. The molecule has 2 heterocycles. The van der Waals surface area contributed by atoms with Crippen molar-refractivity contribution >= 4 is 23.4 Å². The van der Waals surface area contributed by atoms with Crippen LogP contribution in [0.15, 0.2) is 12.3 Å². The SMILES string of the molecule is CC1SCCN(C(=O)c2cc(N)cn2C)C1C. The fourth-order valence-corrected chi connectivity index (χ4v) is 3.27. The van der Waals surface area contributed by atoms with Gasteiger partial charge in [-0.1, -0.05) is 6.92 Å². The molecule has 1 aromatic heterocycles. The van der Waals surface area contributed by atoms with Crippen LogP contribution >= 0.6 is 11.8 Å². The monoisotopic (exact) mass is 253 g/mol. The maximum atomic E-state index is 12.4. The van der Waals surface area contributed by atoms with Crippen molar-refractivity contribution in [2.75, 3.05) is 18.0 Å². The lowest BCUT2D eigenvalue weighted by Crippen LogP contribution is -2.48. The highest BCUT2D eigenvalue weighted by Crippen LogP contribution is 2.26. The maximum absolute atomic E-state index is 12.4. The number of rotatable bonds is 1. The Balaban J connectivity index is 2.22. The molecule has 2 rings (SSSR count). The molecule has 2 atom stereocenters. The van der Waals surface area contributed by atoms with Gasteiger partial charge in [-0.25, -0.2) is 0 Å². The van der Waals surface area contributed by atoms with Crippen molar-refractivity contribution in [3.63, 3.8) is 0 Å². The van der Waals surface area contributed by atoms with Crippen LogP contribution in [0.5, 0.6) is 0 Å². The number of anilines is 1. The van der Waals surface area contributed by atoms with E-state index in [1.54, 1.807) is 16.8 Å². The number of nitrogen functional groups attached to an aromatic ring is 1. The van der Waals surface area contributed by atoms with Crippen molar-refractivity contribution in [1.29, 1.82) is 0 Å². The number of thioether (sulfide) groups is 1. The van der Waals surface area contributed by atoms with Gasteiger partial charge >= 0.3 is 0 Å². The minimum Gasteiger partial charge on any atom is -0.397 e. The van der Waals surface area contributed by atoms with Crippen molar-refractivity contribution in [2.45, 2.75) is 25.1 Å². The zero-order valence-electron chi connectivity index (χ0n) is 10.5. The molecule has 1 aliphatic rings. The van der Waals surface area contributed by atoms with Gasteiger partial charge in [-0.2, -0.15) is 11.8 Å². The fraction of sp³-hybridized carbons (Fsp3) is 0.583. The third-order valence-corrected chi connectivity index (χ3v) is 4.73. The van der Waals surface area contributed by atoms with Crippen molar-refractivity contribution in [1.82, 2.24) is 9.47 Å². The number of carbonyl (C=O) groups is 1. The summed E-state index contributed by atoms with van der Waals surface area (Å²) in [6, 6.07) is 2.03. The molecule has 2 unspecified atom stereocenters. The van der Waals surface area contributed by atoms with Crippen LogP contribution in [0.3, 0.4) is 0 Å². The Hall–Kier alpha value is -1.10. The minimum atomic E-state index is 0.0869. The molecular weight excluding hydrogens is 234 g/mol. The van der Waals surface area contributed by atoms with E-state index in [0.717, 1.165) is 12.3 Å². The van der Waals surface area contributed by atoms with E-state index in [1.165, 1.54) is 0 Å². The molecule has 0 radical (unpaired) electrons. The van der Waals surface area contributed by atoms with E-state index in [9.17, 15) is 4.79 Å².